The average Bonchev–Trinajstić information content (AvgIpc) is 2.78. The van der Waals surface area contributed by atoms with E-state index < -0.39 is 10.7 Å². The first-order valence-electron chi connectivity index (χ1n) is 9.62. The maximum absolute atomic E-state index is 14.1. The highest BCUT2D eigenvalue weighted by molar-refractivity contribution is 6.32. The van der Waals surface area contributed by atoms with Gasteiger partial charge in [-0.25, -0.2) is 4.39 Å². The van der Waals surface area contributed by atoms with Gasteiger partial charge < -0.3 is 9.47 Å². The monoisotopic (exact) mass is 452 g/mol. The van der Waals surface area contributed by atoms with E-state index in [4.69, 9.17) is 21.1 Å². The van der Waals surface area contributed by atoms with Gasteiger partial charge in [-0.1, -0.05) is 29.8 Å². The summed E-state index contributed by atoms with van der Waals surface area (Å²) in [6.07, 6.45) is 1.52. The number of nitro benzene ring substituents is 1. The molecule has 0 aliphatic rings. The molecule has 0 saturated heterocycles. The lowest BCUT2D eigenvalue weighted by atomic mass is 10.0. The fraction of sp³-hybridized carbons (Fsp3) is 0.125. The molecular formula is C24H18ClFN2O4. The van der Waals surface area contributed by atoms with Crippen LogP contribution in [-0.4, -0.2) is 11.5 Å². The van der Waals surface area contributed by atoms with Crippen molar-refractivity contribution in [3.63, 3.8) is 0 Å². The number of benzene rings is 3. The van der Waals surface area contributed by atoms with Crippen molar-refractivity contribution in [1.29, 1.82) is 5.26 Å². The van der Waals surface area contributed by atoms with Gasteiger partial charge in [-0.05, 0) is 54.5 Å². The van der Waals surface area contributed by atoms with Crippen molar-refractivity contribution in [2.75, 3.05) is 6.61 Å². The van der Waals surface area contributed by atoms with Gasteiger partial charge in [0.2, 0.25) is 0 Å². The van der Waals surface area contributed by atoms with E-state index in [0.717, 1.165) is 0 Å². The van der Waals surface area contributed by atoms with E-state index in [1.807, 2.05) is 6.07 Å². The summed E-state index contributed by atoms with van der Waals surface area (Å²) in [5.74, 6) is 0.159. The van der Waals surface area contributed by atoms with Crippen LogP contribution in [0.15, 0.2) is 60.7 Å². The molecular weight excluding hydrogens is 435 g/mol. The van der Waals surface area contributed by atoms with Crippen LogP contribution >= 0.6 is 11.6 Å². The Kier molecular flexibility index (Phi) is 7.42. The van der Waals surface area contributed by atoms with Gasteiger partial charge in [0.1, 0.15) is 12.4 Å². The molecule has 6 nitrogen and oxygen atoms in total. The molecule has 0 aliphatic heterocycles. The summed E-state index contributed by atoms with van der Waals surface area (Å²) in [7, 11) is 0. The number of hydrogen-bond donors (Lipinski definition) is 0. The molecule has 162 valence electrons. The first-order chi connectivity index (χ1) is 15.4. The van der Waals surface area contributed by atoms with Gasteiger partial charge >= 0.3 is 0 Å². The quantitative estimate of drug-likeness (QED) is 0.170. The SMILES string of the molecule is CCOc1cc(/C=C(/C#N)c2ccccc2F)cc(Cl)c1OCc1ccc([N+](=O)[O-])cc1. The molecule has 0 spiro atoms. The molecule has 0 amide bonds. The van der Waals surface area contributed by atoms with Crippen molar-refractivity contribution < 1.29 is 18.8 Å². The molecule has 0 aromatic heterocycles. The van der Waals surface area contributed by atoms with Crippen molar-refractivity contribution in [2.24, 2.45) is 0 Å². The second kappa shape index (κ2) is 10.4. The van der Waals surface area contributed by atoms with Gasteiger partial charge in [0, 0.05) is 17.7 Å². The van der Waals surface area contributed by atoms with E-state index in [1.54, 1.807) is 43.3 Å². The van der Waals surface area contributed by atoms with Crippen LogP contribution in [-0.2, 0) is 6.61 Å². The number of nitrogens with zero attached hydrogens (tertiary/aromatic N) is 2. The lowest BCUT2D eigenvalue weighted by molar-refractivity contribution is -0.384. The highest BCUT2D eigenvalue weighted by Gasteiger charge is 2.14. The summed E-state index contributed by atoms with van der Waals surface area (Å²) in [5.41, 5.74) is 1.56. The van der Waals surface area contributed by atoms with Gasteiger partial charge in [0.05, 0.1) is 28.2 Å². The van der Waals surface area contributed by atoms with Crippen LogP contribution in [0.25, 0.3) is 11.6 Å². The van der Waals surface area contributed by atoms with E-state index >= 15 is 0 Å². The van der Waals surface area contributed by atoms with Crippen molar-refractivity contribution in [1.82, 2.24) is 0 Å². The van der Waals surface area contributed by atoms with E-state index in [0.29, 0.717) is 29.2 Å². The number of rotatable bonds is 8. The molecule has 8 heteroatoms. The fourth-order valence-corrected chi connectivity index (χ4v) is 3.23. The average molecular weight is 453 g/mol. The van der Waals surface area contributed by atoms with Crippen molar-refractivity contribution >= 4 is 28.9 Å². The second-order valence-electron chi connectivity index (χ2n) is 6.62. The lowest BCUT2D eigenvalue weighted by Gasteiger charge is -2.15. The molecule has 0 bridgehead atoms. The van der Waals surface area contributed by atoms with Gasteiger partial charge in [0.25, 0.3) is 5.69 Å². The maximum Gasteiger partial charge on any atom is 0.269 e. The molecule has 0 aliphatic carbocycles. The van der Waals surface area contributed by atoms with Crippen LogP contribution in [0.2, 0.25) is 5.02 Å². The smallest absolute Gasteiger partial charge is 0.269 e. The predicted octanol–water partition coefficient (Wildman–Crippen LogP) is 6.43. The second-order valence-corrected chi connectivity index (χ2v) is 7.03. The number of non-ortho nitro benzene ring substituents is 1. The number of nitro groups is 1. The number of allylic oxidation sites excluding steroid dienone is 1. The first kappa shape index (κ1) is 22.8. The van der Waals surface area contributed by atoms with Crippen molar-refractivity contribution in [3.05, 3.63) is 98.3 Å². The van der Waals surface area contributed by atoms with Crippen molar-refractivity contribution in [2.45, 2.75) is 13.5 Å². The van der Waals surface area contributed by atoms with Crippen LogP contribution in [0.1, 0.15) is 23.6 Å². The number of halogens is 2. The first-order valence-corrected chi connectivity index (χ1v) is 10.00. The van der Waals surface area contributed by atoms with E-state index in [2.05, 4.69) is 0 Å². The Balaban J connectivity index is 1.90. The predicted molar refractivity (Wildman–Crippen MR) is 120 cm³/mol. The fourth-order valence-electron chi connectivity index (χ4n) is 2.96. The van der Waals surface area contributed by atoms with Crippen molar-refractivity contribution in [3.8, 4) is 17.6 Å². The molecule has 0 fully saturated rings. The Bertz CT molecular complexity index is 1200. The lowest BCUT2D eigenvalue weighted by Crippen LogP contribution is -2.01. The third kappa shape index (κ3) is 5.42. The number of hydrogen-bond acceptors (Lipinski definition) is 5. The van der Waals surface area contributed by atoms with E-state index in [-0.39, 0.29) is 28.5 Å². The summed E-state index contributed by atoms with van der Waals surface area (Å²) in [6, 6.07) is 17.2. The summed E-state index contributed by atoms with van der Waals surface area (Å²) in [4.78, 5) is 10.3. The molecule has 0 N–H and O–H groups in total. The minimum atomic E-state index is -0.500. The molecule has 0 heterocycles. The number of ether oxygens (including phenoxy) is 2. The topological polar surface area (TPSA) is 85.4 Å². The van der Waals surface area contributed by atoms with Crippen LogP contribution in [0.4, 0.5) is 10.1 Å². The minimum Gasteiger partial charge on any atom is -0.490 e. The number of nitriles is 1. The highest BCUT2D eigenvalue weighted by atomic mass is 35.5. The Morgan fingerprint density at radius 2 is 1.91 bits per heavy atom. The molecule has 0 saturated carbocycles. The third-order valence-electron chi connectivity index (χ3n) is 4.46. The minimum absolute atomic E-state index is 0.0129. The maximum atomic E-state index is 14.1. The van der Waals surface area contributed by atoms with Crippen LogP contribution in [0, 0.1) is 27.3 Å². The molecule has 0 atom stereocenters. The van der Waals surface area contributed by atoms with Crippen LogP contribution in [0.5, 0.6) is 11.5 Å². The molecule has 0 unspecified atom stereocenters. The molecule has 32 heavy (non-hydrogen) atoms. The summed E-state index contributed by atoms with van der Waals surface area (Å²) in [5, 5.41) is 20.5. The van der Waals surface area contributed by atoms with Gasteiger partial charge in [-0.3, -0.25) is 10.1 Å². The van der Waals surface area contributed by atoms with E-state index in [9.17, 15) is 19.8 Å². The zero-order valence-electron chi connectivity index (χ0n) is 17.0. The summed E-state index contributed by atoms with van der Waals surface area (Å²) in [6.45, 7) is 2.26. The Hall–Kier alpha value is -3.89. The van der Waals surface area contributed by atoms with Crippen LogP contribution in [0.3, 0.4) is 0 Å². The normalized spacial score (nSPS) is 11.0. The molecule has 3 aromatic carbocycles. The van der Waals surface area contributed by atoms with Gasteiger partial charge in [0.15, 0.2) is 11.5 Å². The Labute approximate surface area is 189 Å². The third-order valence-corrected chi connectivity index (χ3v) is 4.74. The van der Waals surface area contributed by atoms with Gasteiger partial charge in [-0.2, -0.15) is 5.26 Å². The zero-order chi connectivity index (χ0) is 23.1. The molecule has 0 radical (unpaired) electrons. The standard InChI is InChI=1S/C24H18ClFN2O4/c1-2-31-23-13-17(11-18(14-27)20-5-3-4-6-22(20)26)12-21(25)24(23)32-15-16-7-9-19(10-8-16)28(29)30/h3-13H,2,15H2,1H3/b18-11-. The summed E-state index contributed by atoms with van der Waals surface area (Å²) >= 11 is 6.43. The highest BCUT2D eigenvalue weighted by Crippen LogP contribution is 2.38. The van der Waals surface area contributed by atoms with Gasteiger partial charge in [-0.15, -0.1) is 0 Å². The Morgan fingerprint density at radius 1 is 1.19 bits per heavy atom. The zero-order valence-corrected chi connectivity index (χ0v) is 17.8. The Morgan fingerprint density at radius 3 is 2.53 bits per heavy atom. The van der Waals surface area contributed by atoms with E-state index in [1.165, 1.54) is 30.3 Å². The molecule has 3 rings (SSSR count). The molecule has 3 aromatic rings. The van der Waals surface area contributed by atoms with Crippen LogP contribution < -0.4 is 9.47 Å². The largest absolute Gasteiger partial charge is 0.490 e. The summed E-state index contributed by atoms with van der Waals surface area (Å²) < 4.78 is 25.6.